The van der Waals surface area contributed by atoms with E-state index in [0.29, 0.717) is 30.0 Å². The molecule has 1 aromatic heterocycles. The van der Waals surface area contributed by atoms with Crippen molar-refractivity contribution in [2.75, 3.05) is 13.7 Å². The van der Waals surface area contributed by atoms with Gasteiger partial charge < -0.3 is 18.9 Å². The first-order valence-corrected chi connectivity index (χ1v) is 9.57. The van der Waals surface area contributed by atoms with Crippen LogP contribution in [0.2, 0.25) is 0 Å². The SMILES string of the molecule is COc1cccc(CN(C[C@H]2CC(c3ccccc3F)=NO2)C(=O)c2ccco2)c1. The van der Waals surface area contributed by atoms with Crippen molar-refractivity contribution in [2.24, 2.45) is 5.16 Å². The lowest BCUT2D eigenvalue weighted by molar-refractivity contribution is 0.0387. The van der Waals surface area contributed by atoms with Crippen LogP contribution in [0.4, 0.5) is 4.39 Å². The summed E-state index contributed by atoms with van der Waals surface area (Å²) in [5, 5.41) is 4.05. The van der Waals surface area contributed by atoms with E-state index in [1.54, 1.807) is 42.3 Å². The fourth-order valence-electron chi connectivity index (χ4n) is 3.39. The van der Waals surface area contributed by atoms with Crippen LogP contribution in [0, 0.1) is 5.82 Å². The van der Waals surface area contributed by atoms with Crippen LogP contribution in [-0.4, -0.2) is 36.3 Å². The minimum Gasteiger partial charge on any atom is -0.497 e. The topological polar surface area (TPSA) is 64.3 Å². The Morgan fingerprint density at radius 3 is 2.83 bits per heavy atom. The number of carbonyl (C=O) groups excluding carboxylic acids is 1. The molecular weight excluding hydrogens is 387 g/mol. The normalized spacial score (nSPS) is 15.4. The Bertz CT molecular complexity index is 1050. The number of hydrogen-bond donors (Lipinski definition) is 0. The van der Waals surface area contributed by atoms with Gasteiger partial charge in [-0.1, -0.05) is 35.5 Å². The first-order valence-electron chi connectivity index (χ1n) is 9.57. The summed E-state index contributed by atoms with van der Waals surface area (Å²) in [6, 6.07) is 17.2. The largest absolute Gasteiger partial charge is 0.497 e. The molecule has 2 heterocycles. The Morgan fingerprint density at radius 1 is 1.20 bits per heavy atom. The molecule has 7 heteroatoms. The lowest BCUT2D eigenvalue weighted by Crippen LogP contribution is -2.37. The zero-order chi connectivity index (χ0) is 20.9. The standard InChI is InChI=1S/C23H21FN2O4/c1-28-17-7-4-6-16(12-17)14-26(23(27)22-10-5-11-29-22)15-18-13-21(25-30-18)19-8-2-3-9-20(19)24/h2-12,18H,13-15H2,1H3/t18-/m1/s1. The quantitative estimate of drug-likeness (QED) is 0.586. The third-order valence-corrected chi connectivity index (χ3v) is 4.87. The van der Waals surface area contributed by atoms with Crippen LogP contribution in [-0.2, 0) is 11.4 Å². The van der Waals surface area contributed by atoms with Crippen LogP contribution in [0.25, 0.3) is 0 Å². The molecular formula is C23H21FN2O4. The molecule has 6 nitrogen and oxygen atoms in total. The molecule has 0 saturated carbocycles. The third kappa shape index (κ3) is 4.35. The van der Waals surface area contributed by atoms with Crippen LogP contribution < -0.4 is 4.74 Å². The Morgan fingerprint density at radius 2 is 2.07 bits per heavy atom. The first kappa shape index (κ1) is 19.7. The number of rotatable bonds is 7. The summed E-state index contributed by atoms with van der Waals surface area (Å²) in [4.78, 5) is 20.2. The molecule has 4 rings (SSSR count). The molecule has 0 aliphatic carbocycles. The fraction of sp³-hybridized carbons (Fsp3) is 0.217. The summed E-state index contributed by atoms with van der Waals surface area (Å²) in [6.07, 6.45) is 1.48. The summed E-state index contributed by atoms with van der Waals surface area (Å²) >= 11 is 0. The van der Waals surface area contributed by atoms with Gasteiger partial charge in [0, 0.05) is 18.5 Å². The van der Waals surface area contributed by atoms with Gasteiger partial charge in [0.1, 0.15) is 11.6 Å². The van der Waals surface area contributed by atoms with Crippen LogP contribution in [0.3, 0.4) is 0 Å². The van der Waals surface area contributed by atoms with Gasteiger partial charge in [-0.05, 0) is 35.9 Å². The lowest BCUT2D eigenvalue weighted by Gasteiger charge is -2.24. The maximum atomic E-state index is 14.1. The number of oxime groups is 1. The summed E-state index contributed by atoms with van der Waals surface area (Å²) < 4.78 is 24.6. The van der Waals surface area contributed by atoms with Gasteiger partial charge in [-0.25, -0.2) is 4.39 Å². The highest BCUT2D eigenvalue weighted by atomic mass is 19.1. The molecule has 1 amide bonds. The second kappa shape index (κ2) is 8.82. The highest BCUT2D eigenvalue weighted by molar-refractivity contribution is 6.01. The third-order valence-electron chi connectivity index (χ3n) is 4.87. The number of amides is 1. The lowest BCUT2D eigenvalue weighted by atomic mass is 10.0. The van der Waals surface area contributed by atoms with E-state index in [-0.39, 0.29) is 30.1 Å². The number of hydrogen-bond acceptors (Lipinski definition) is 5. The summed E-state index contributed by atoms with van der Waals surface area (Å²) in [7, 11) is 1.60. The van der Waals surface area contributed by atoms with Crippen LogP contribution in [0.15, 0.2) is 76.5 Å². The highest BCUT2D eigenvalue weighted by Crippen LogP contribution is 2.22. The van der Waals surface area contributed by atoms with Crippen molar-refractivity contribution < 1.29 is 23.2 Å². The number of benzene rings is 2. The van der Waals surface area contributed by atoms with E-state index >= 15 is 0 Å². The van der Waals surface area contributed by atoms with Gasteiger partial charge in [0.05, 0.1) is 25.6 Å². The van der Waals surface area contributed by atoms with Crippen LogP contribution in [0.1, 0.15) is 28.1 Å². The van der Waals surface area contributed by atoms with Gasteiger partial charge in [0.25, 0.3) is 5.91 Å². The fourth-order valence-corrected chi connectivity index (χ4v) is 3.39. The minimum atomic E-state index is -0.385. The van der Waals surface area contributed by atoms with Gasteiger partial charge in [-0.2, -0.15) is 0 Å². The number of methoxy groups -OCH3 is 1. The van der Waals surface area contributed by atoms with E-state index in [4.69, 9.17) is 14.0 Å². The van der Waals surface area contributed by atoms with Gasteiger partial charge in [0.15, 0.2) is 11.9 Å². The van der Waals surface area contributed by atoms with Crippen molar-refractivity contribution in [1.82, 2.24) is 4.90 Å². The maximum absolute atomic E-state index is 14.1. The van der Waals surface area contributed by atoms with Gasteiger partial charge in [-0.3, -0.25) is 4.79 Å². The van der Waals surface area contributed by atoms with Crippen molar-refractivity contribution in [1.29, 1.82) is 0 Å². The molecule has 0 radical (unpaired) electrons. The smallest absolute Gasteiger partial charge is 0.289 e. The van der Waals surface area contributed by atoms with Crippen molar-refractivity contribution in [3.63, 3.8) is 0 Å². The monoisotopic (exact) mass is 408 g/mol. The molecule has 1 atom stereocenters. The average molecular weight is 408 g/mol. The van der Waals surface area contributed by atoms with E-state index in [9.17, 15) is 9.18 Å². The minimum absolute atomic E-state index is 0.242. The maximum Gasteiger partial charge on any atom is 0.289 e. The van der Waals surface area contributed by atoms with Crippen molar-refractivity contribution >= 4 is 11.6 Å². The van der Waals surface area contributed by atoms with E-state index in [2.05, 4.69) is 5.16 Å². The molecule has 0 saturated heterocycles. The van der Waals surface area contributed by atoms with E-state index < -0.39 is 0 Å². The predicted octanol–water partition coefficient (Wildman–Crippen LogP) is 4.26. The molecule has 0 bridgehead atoms. The molecule has 0 N–H and O–H groups in total. The summed E-state index contributed by atoms with van der Waals surface area (Å²) in [5.41, 5.74) is 1.85. The molecule has 3 aromatic rings. The molecule has 1 aliphatic rings. The molecule has 0 fully saturated rings. The van der Waals surface area contributed by atoms with Crippen molar-refractivity contribution in [3.8, 4) is 5.75 Å². The average Bonchev–Trinajstić information content (AvgIpc) is 3.46. The Balaban J connectivity index is 1.50. The second-order valence-corrected chi connectivity index (χ2v) is 6.96. The van der Waals surface area contributed by atoms with Crippen molar-refractivity contribution in [3.05, 3.63) is 89.6 Å². The zero-order valence-electron chi connectivity index (χ0n) is 16.5. The summed E-state index contributed by atoms with van der Waals surface area (Å²) in [6.45, 7) is 0.615. The Kier molecular flexibility index (Phi) is 5.79. The number of furan rings is 1. The van der Waals surface area contributed by atoms with Crippen LogP contribution >= 0.6 is 0 Å². The molecule has 0 spiro atoms. The summed E-state index contributed by atoms with van der Waals surface area (Å²) in [5.74, 6) is 0.345. The van der Waals surface area contributed by atoms with E-state index in [1.165, 1.54) is 12.3 Å². The number of nitrogens with zero attached hydrogens (tertiary/aromatic N) is 2. The predicted molar refractivity (Wildman–Crippen MR) is 109 cm³/mol. The molecule has 0 unspecified atom stereocenters. The van der Waals surface area contributed by atoms with E-state index in [0.717, 1.165) is 5.56 Å². The molecule has 1 aliphatic heterocycles. The van der Waals surface area contributed by atoms with E-state index in [1.807, 2.05) is 24.3 Å². The Labute approximate surface area is 173 Å². The molecule has 154 valence electrons. The highest BCUT2D eigenvalue weighted by Gasteiger charge is 2.29. The number of halogens is 1. The van der Waals surface area contributed by atoms with Gasteiger partial charge in [-0.15, -0.1) is 0 Å². The van der Waals surface area contributed by atoms with Gasteiger partial charge in [0.2, 0.25) is 0 Å². The molecule has 2 aromatic carbocycles. The molecule has 30 heavy (non-hydrogen) atoms. The Hall–Kier alpha value is -3.61. The van der Waals surface area contributed by atoms with Crippen molar-refractivity contribution in [2.45, 2.75) is 19.1 Å². The zero-order valence-corrected chi connectivity index (χ0v) is 16.5. The number of ether oxygens (including phenoxy) is 1. The van der Waals surface area contributed by atoms with Gasteiger partial charge >= 0.3 is 0 Å². The van der Waals surface area contributed by atoms with Crippen LogP contribution in [0.5, 0.6) is 5.75 Å². The second-order valence-electron chi connectivity index (χ2n) is 6.96. The number of carbonyl (C=O) groups is 1. The first-order chi connectivity index (χ1) is 14.6.